The number of rotatable bonds is 5. The lowest BCUT2D eigenvalue weighted by atomic mass is 10.1. The van der Waals surface area contributed by atoms with Gasteiger partial charge in [0.1, 0.15) is 11.9 Å². The summed E-state index contributed by atoms with van der Waals surface area (Å²) in [7, 11) is 0. The molecule has 0 spiro atoms. The van der Waals surface area contributed by atoms with E-state index in [4.69, 9.17) is 9.26 Å². The molecule has 0 aliphatic carbocycles. The maximum atomic E-state index is 5.59. The van der Waals surface area contributed by atoms with E-state index in [1.54, 1.807) is 10.7 Å². The van der Waals surface area contributed by atoms with Crippen molar-refractivity contribution >= 4 is 11.5 Å². The fraction of sp³-hybridized carbons (Fsp3) is 0.263. The van der Waals surface area contributed by atoms with Crippen LogP contribution in [0.25, 0.3) is 16.9 Å². The fourth-order valence-electron chi connectivity index (χ4n) is 3.21. The summed E-state index contributed by atoms with van der Waals surface area (Å²) >= 11 is 0. The molecule has 0 unspecified atom stereocenters. The summed E-state index contributed by atoms with van der Waals surface area (Å²) < 4.78 is 12.7. The molecule has 1 saturated heterocycles. The van der Waals surface area contributed by atoms with Gasteiger partial charge in [-0.1, -0.05) is 35.5 Å². The monoisotopic (exact) mass is 362 g/mol. The lowest BCUT2D eigenvalue weighted by molar-refractivity contribution is 0.0835. The zero-order valence-electron chi connectivity index (χ0n) is 14.6. The smallest absolute Gasteiger partial charge is 0.255 e. The molecule has 1 aliphatic heterocycles. The van der Waals surface area contributed by atoms with Crippen molar-refractivity contribution < 1.29 is 9.26 Å². The molecule has 8 nitrogen and oxygen atoms in total. The average molecular weight is 362 g/mol. The minimum atomic E-state index is -0.0744. The Kier molecular flexibility index (Phi) is 4.02. The summed E-state index contributed by atoms with van der Waals surface area (Å²) in [6.07, 6.45) is 3.60. The molecule has 1 aromatic carbocycles. The number of benzene rings is 1. The van der Waals surface area contributed by atoms with Gasteiger partial charge in [-0.05, 0) is 12.8 Å². The highest BCUT2D eigenvalue weighted by molar-refractivity contribution is 5.66. The molecule has 4 aromatic rings. The van der Waals surface area contributed by atoms with Crippen molar-refractivity contribution in [2.45, 2.75) is 25.5 Å². The summed E-state index contributed by atoms with van der Waals surface area (Å²) in [6, 6.07) is 13.9. The second-order valence-corrected chi connectivity index (χ2v) is 6.40. The summed E-state index contributed by atoms with van der Waals surface area (Å²) in [6.45, 7) is 1.17. The third-order valence-corrected chi connectivity index (χ3v) is 4.55. The van der Waals surface area contributed by atoms with Crippen molar-refractivity contribution in [1.82, 2.24) is 24.7 Å². The van der Waals surface area contributed by atoms with Gasteiger partial charge in [0, 0.05) is 24.3 Å². The fourth-order valence-corrected chi connectivity index (χ4v) is 3.21. The number of ether oxygens (including phenoxy) is 1. The number of aromatic nitrogens is 5. The Morgan fingerprint density at radius 3 is 2.93 bits per heavy atom. The molecule has 8 heteroatoms. The van der Waals surface area contributed by atoms with E-state index in [1.165, 1.54) is 0 Å². The Balaban J connectivity index is 1.40. The molecule has 27 heavy (non-hydrogen) atoms. The van der Waals surface area contributed by atoms with Gasteiger partial charge in [-0.3, -0.25) is 0 Å². The van der Waals surface area contributed by atoms with Crippen molar-refractivity contribution in [2.75, 3.05) is 11.9 Å². The molecular formula is C19H18N6O2. The lowest BCUT2D eigenvalue weighted by Gasteiger charge is -2.09. The standard InChI is InChI=1S/C19H18N6O2/c1-2-5-13(6-3-1)14-11-18(25-17(22-14)8-9-21-25)20-12-16-23-19(27-24-16)15-7-4-10-26-15/h1-3,5-6,8-9,11,15,20H,4,7,10,12H2/t15-/m0/s1. The van der Waals surface area contributed by atoms with Crippen molar-refractivity contribution in [2.24, 2.45) is 0 Å². The van der Waals surface area contributed by atoms with Crippen LogP contribution in [-0.2, 0) is 11.3 Å². The molecule has 136 valence electrons. The normalized spacial score (nSPS) is 16.8. The van der Waals surface area contributed by atoms with Gasteiger partial charge in [0.05, 0.1) is 18.4 Å². The first-order valence-corrected chi connectivity index (χ1v) is 8.95. The highest BCUT2D eigenvalue weighted by Gasteiger charge is 2.23. The van der Waals surface area contributed by atoms with E-state index in [0.717, 1.165) is 42.2 Å². The first-order valence-electron chi connectivity index (χ1n) is 8.95. The number of hydrogen-bond acceptors (Lipinski definition) is 7. The average Bonchev–Trinajstić information content (AvgIpc) is 3.47. The number of hydrogen-bond donors (Lipinski definition) is 1. The van der Waals surface area contributed by atoms with Crippen LogP contribution in [0.4, 0.5) is 5.82 Å². The first kappa shape index (κ1) is 16.0. The minimum Gasteiger partial charge on any atom is -0.368 e. The van der Waals surface area contributed by atoms with E-state index >= 15 is 0 Å². The number of anilines is 1. The van der Waals surface area contributed by atoms with Gasteiger partial charge in [0.15, 0.2) is 11.5 Å². The zero-order valence-corrected chi connectivity index (χ0v) is 14.6. The Morgan fingerprint density at radius 1 is 1.15 bits per heavy atom. The molecule has 1 aliphatic rings. The van der Waals surface area contributed by atoms with Crippen molar-refractivity contribution in [3.8, 4) is 11.3 Å². The van der Waals surface area contributed by atoms with Gasteiger partial charge >= 0.3 is 0 Å². The molecule has 1 fully saturated rings. The largest absolute Gasteiger partial charge is 0.368 e. The molecular weight excluding hydrogens is 344 g/mol. The van der Waals surface area contributed by atoms with Crippen LogP contribution in [0.15, 0.2) is 53.2 Å². The van der Waals surface area contributed by atoms with Crippen LogP contribution in [-0.4, -0.2) is 31.3 Å². The van der Waals surface area contributed by atoms with E-state index in [0.29, 0.717) is 18.3 Å². The van der Waals surface area contributed by atoms with Gasteiger partial charge in [-0.2, -0.15) is 14.6 Å². The molecule has 0 bridgehead atoms. The van der Waals surface area contributed by atoms with Crippen LogP contribution in [0.3, 0.4) is 0 Å². The summed E-state index contributed by atoms with van der Waals surface area (Å²) in [5.74, 6) is 1.94. The van der Waals surface area contributed by atoms with Crippen LogP contribution in [0.5, 0.6) is 0 Å². The zero-order chi connectivity index (χ0) is 18.1. The maximum absolute atomic E-state index is 5.59. The van der Waals surface area contributed by atoms with Gasteiger partial charge in [-0.15, -0.1) is 0 Å². The first-order chi connectivity index (χ1) is 13.4. The van der Waals surface area contributed by atoms with Crippen molar-refractivity contribution in [3.05, 3.63) is 60.4 Å². The SMILES string of the molecule is c1ccc(-c2cc(NCc3noc([C@@H]4CCCO4)n3)n3nccc3n2)cc1. The second-order valence-electron chi connectivity index (χ2n) is 6.40. The molecule has 4 heterocycles. The summed E-state index contributed by atoms with van der Waals surface area (Å²) in [4.78, 5) is 9.12. The Morgan fingerprint density at radius 2 is 2.07 bits per heavy atom. The molecule has 0 radical (unpaired) electrons. The lowest BCUT2D eigenvalue weighted by Crippen LogP contribution is -2.08. The second kappa shape index (κ2) is 6.81. The van der Waals surface area contributed by atoms with E-state index in [2.05, 4.69) is 25.5 Å². The Bertz CT molecular complexity index is 1050. The Labute approximate surface area is 155 Å². The number of nitrogens with zero attached hydrogens (tertiary/aromatic N) is 5. The van der Waals surface area contributed by atoms with Gasteiger partial charge in [-0.25, -0.2) is 4.98 Å². The van der Waals surface area contributed by atoms with Crippen LogP contribution < -0.4 is 5.32 Å². The third kappa shape index (κ3) is 3.15. The van der Waals surface area contributed by atoms with E-state index < -0.39 is 0 Å². The van der Waals surface area contributed by atoms with Gasteiger partial charge < -0.3 is 14.6 Å². The van der Waals surface area contributed by atoms with Crippen molar-refractivity contribution in [1.29, 1.82) is 0 Å². The molecule has 5 rings (SSSR count). The van der Waals surface area contributed by atoms with Crippen LogP contribution >= 0.6 is 0 Å². The molecule has 1 atom stereocenters. The summed E-state index contributed by atoms with van der Waals surface area (Å²) in [5.41, 5.74) is 2.69. The van der Waals surface area contributed by atoms with E-state index in [-0.39, 0.29) is 6.10 Å². The molecule has 3 aromatic heterocycles. The number of fused-ring (bicyclic) bond motifs is 1. The number of nitrogens with one attached hydrogen (secondary N) is 1. The van der Waals surface area contributed by atoms with Crippen LogP contribution in [0, 0.1) is 0 Å². The van der Waals surface area contributed by atoms with E-state index in [9.17, 15) is 0 Å². The third-order valence-electron chi connectivity index (χ3n) is 4.55. The molecule has 1 N–H and O–H groups in total. The minimum absolute atomic E-state index is 0.0744. The highest BCUT2D eigenvalue weighted by Crippen LogP contribution is 2.27. The molecule has 0 saturated carbocycles. The predicted molar refractivity (Wildman–Crippen MR) is 98.0 cm³/mol. The quantitative estimate of drug-likeness (QED) is 0.583. The van der Waals surface area contributed by atoms with E-state index in [1.807, 2.05) is 42.5 Å². The Hall–Kier alpha value is -3.26. The highest BCUT2D eigenvalue weighted by atomic mass is 16.5. The predicted octanol–water partition coefficient (Wildman–Crippen LogP) is 3.24. The van der Waals surface area contributed by atoms with Crippen LogP contribution in [0.2, 0.25) is 0 Å². The van der Waals surface area contributed by atoms with Crippen LogP contribution in [0.1, 0.15) is 30.7 Å². The maximum Gasteiger partial charge on any atom is 0.255 e. The van der Waals surface area contributed by atoms with Gasteiger partial charge in [0.25, 0.3) is 5.89 Å². The topological polar surface area (TPSA) is 90.4 Å². The van der Waals surface area contributed by atoms with Gasteiger partial charge in [0.2, 0.25) is 0 Å². The summed E-state index contributed by atoms with van der Waals surface area (Å²) in [5, 5.41) is 11.7. The molecule has 0 amide bonds. The van der Waals surface area contributed by atoms with Crippen molar-refractivity contribution in [3.63, 3.8) is 0 Å².